The molecule has 0 saturated heterocycles. The summed E-state index contributed by atoms with van der Waals surface area (Å²) < 4.78 is 0. The van der Waals surface area contributed by atoms with Gasteiger partial charge in [0.15, 0.2) is 0 Å². The Balaban J connectivity index is 2.15. The van der Waals surface area contributed by atoms with Crippen molar-refractivity contribution in [2.75, 3.05) is 0 Å². The number of aryl methyl sites for hydroxylation is 1. The van der Waals surface area contributed by atoms with E-state index in [-0.39, 0.29) is 5.91 Å². The molecule has 1 aliphatic carbocycles. The third-order valence-electron chi connectivity index (χ3n) is 3.07. The van der Waals surface area contributed by atoms with Crippen LogP contribution in [0.5, 0.6) is 0 Å². The molecule has 0 spiro atoms. The number of alkyl halides is 1. The van der Waals surface area contributed by atoms with Crippen molar-refractivity contribution in [3.8, 4) is 0 Å². The average Bonchev–Trinajstić information content (AvgIpc) is 3.05. The first kappa shape index (κ1) is 11.5. The lowest BCUT2D eigenvalue weighted by Crippen LogP contribution is -2.29. The highest BCUT2D eigenvalue weighted by Gasteiger charge is 2.27. The minimum atomic E-state index is -0.569. The van der Waals surface area contributed by atoms with Crippen LogP contribution in [0.2, 0.25) is 0 Å². The van der Waals surface area contributed by atoms with Crippen molar-refractivity contribution in [1.82, 2.24) is 5.32 Å². The molecule has 2 nitrogen and oxygen atoms in total. The summed E-state index contributed by atoms with van der Waals surface area (Å²) in [5.74, 6) is -0.0714. The van der Waals surface area contributed by atoms with E-state index in [9.17, 15) is 4.79 Å². The Morgan fingerprint density at radius 3 is 2.75 bits per heavy atom. The lowest BCUT2D eigenvalue weighted by Gasteiger charge is -2.14. The molecular weight excluding hydrogens is 222 g/mol. The SMILES string of the molecule is Cc1cccc(C(Cl)C(=O)NC2CC2)c1C. The summed E-state index contributed by atoms with van der Waals surface area (Å²) in [6, 6.07) is 6.25. The van der Waals surface area contributed by atoms with Crippen LogP contribution in [-0.2, 0) is 4.79 Å². The third-order valence-corrected chi connectivity index (χ3v) is 3.51. The van der Waals surface area contributed by atoms with Gasteiger partial charge in [-0.25, -0.2) is 0 Å². The molecule has 0 radical (unpaired) electrons. The van der Waals surface area contributed by atoms with Gasteiger partial charge in [0, 0.05) is 6.04 Å². The van der Waals surface area contributed by atoms with E-state index in [0.29, 0.717) is 6.04 Å². The van der Waals surface area contributed by atoms with Crippen LogP contribution in [0.1, 0.15) is 34.9 Å². The predicted molar refractivity (Wildman–Crippen MR) is 65.7 cm³/mol. The van der Waals surface area contributed by atoms with Gasteiger partial charge >= 0.3 is 0 Å². The summed E-state index contributed by atoms with van der Waals surface area (Å²) >= 11 is 6.19. The van der Waals surface area contributed by atoms with Crippen LogP contribution in [0.25, 0.3) is 0 Å². The first-order valence-electron chi connectivity index (χ1n) is 5.60. The summed E-state index contributed by atoms with van der Waals surface area (Å²) in [6.07, 6.45) is 2.17. The molecular formula is C13H16ClNO. The van der Waals surface area contributed by atoms with Crippen LogP contribution < -0.4 is 5.32 Å². The van der Waals surface area contributed by atoms with E-state index in [1.54, 1.807) is 0 Å². The number of rotatable bonds is 3. The van der Waals surface area contributed by atoms with Crippen LogP contribution in [0.4, 0.5) is 0 Å². The topological polar surface area (TPSA) is 29.1 Å². The summed E-state index contributed by atoms with van der Waals surface area (Å²) in [6.45, 7) is 4.03. The normalized spacial score (nSPS) is 16.9. The van der Waals surface area contributed by atoms with Crippen LogP contribution in [0, 0.1) is 13.8 Å². The van der Waals surface area contributed by atoms with Gasteiger partial charge in [-0.15, -0.1) is 11.6 Å². The molecule has 0 aromatic heterocycles. The van der Waals surface area contributed by atoms with Gasteiger partial charge in [-0.3, -0.25) is 4.79 Å². The largest absolute Gasteiger partial charge is 0.352 e. The van der Waals surface area contributed by atoms with Crippen LogP contribution in [0.15, 0.2) is 18.2 Å². The van der Waals surface area contributed by atoms with Gasteiger partial charge in [0.25, 0.3) is 0 Å². The van der Waals surface area contributed by atoms with Crippen LogP contribution in [0.3, 0.4) is 0 Å². The summed E-state index contributed by atoms with van der Waals surface area (Å²) in [5, 5.41) is 2.36. The molecule has 0 bridgehead atoms. The molecule has 3 heteroatoms. The number of carbonyl (C=O) groups excluding carboxylic acids is 1. The summed E-state index contributed by atoms with van der Waals surface area (Å²) in [7, 11) is 0. The van der Waals surface area contributed by atoms with Gasteiger partial charge in [0.1, 0.15) is 5.38 Å². The molecule has 1 aromatic rings. The molecule has 16 heavy (non-hydrogen) atoms. The number of benzene rings is 1. The lowest BCUT2D eigenvalue weighted by atomic mass is 10.0. The van der Waals surface area contributed by atoms with Crippen LogP contribution in [-0.4, -0.2) is 11.9 Å². The maximum atomic E-state index is 11.8. The fourth-order valence-corrected chi connectivity index (χ4v) is 1.99. The van der Waals surface area contributed by atoms with Crippen molar-refractivity contribution in [3.63, 3.8) is 0 Å². The molecule has 1 N–H and O–H groups in total. The third kappa shape index (κ3) is 2.38. The molecule has 0 heterocycles. The van der Waals surface area contributed by atoms with E-state index >= 15 is 0 Å². The number of amides is 1. The zero-order valence-corrected chi connectivity index (χ0v) is 10.3. The van der Waals surface area contributed by atoms with Crippen molar-refractivity contribution in [2.45, 2.75) is 38.1 Å². The molecule has 0 aliphatic heterocycles. The highest BCUT2D eigenvalue weighted by molar-refractivity contribution is 6.30. The van der Waals surface area contributed by atoms with Gasteiger partial charge in [-0.2, -0.15) is 0 Å². The Labute approximate surface area is 101 Å². The predicted octanol–water partition coefficient (Wildman–Crippen LogP) is 2.86. The van der Waals surface area contributed by atoms with Crippen molar-refractivity contribution < 1.29 is 4.79 Å². The second-order valence-corrected chi connectivity index (χ2v) is 4.87. The fourth-order valence-electron chi connectivity index (χ4n) is 1.69. The Kier molecular flexibility index (Phi) is 3.20. The quantitative estimate of drug-likeness (QED) is 0.805. The highest BCUT2D eigenvalue weighted by atomic mass is 35.5. The van der Waals surface area contributed by atoms with Crippen LogP contribution >= 0.6 is 11.6 Å². The monoisotopic (exact) mass is 237 g/mol. The van der Waals surface area contributed by atoms with Crippen molar-refractivity contribution in [3.05, 3.63) is 34.9 Å². The second kappa shape index (κ2) is 4.46. The summed E-state index contributed by atoms with van der Waals surface area (Å²) in [5.41, 5.74) is 3.19. The van der Waals surface area contributed by atoms with Gasteiger partial charge in [0.05, 0.1) is 0 Å². The Hall–Kier alpha value is -1.02. The van der Waals surface area contributed by atoms with E-state index in [1.807, 2.05) is 32.0 Å². The van der Waals surface area contributed by atoms with E-state index in [4.69, 9.17) is 11.6 Å². The standard InChI is InChI=1S/C13H16ClNO/c1-8-4-3-5-11(9(8)2)12(14)13(16)15-10-6-7-10/h3-5,10,12H,6-7H2,1-2H3,(H,15,16). The molecule has 1 aromatic carbocycles. The molecule has 86 valence electrons. The van der Waals surface area contributed by atoms with E-state index in [0.717, 1.165) is 24.0 Å². The molecule has 1 saturated carbocycles. The minimum Gasteiger partial charge on any atom is -0.352 e. The molecule has 1 fully saturated rings. The maximum absolute atomic E-state index is 11.8. The number of carbonyl (C=O) groups is 1. The molecule has 1 aliphatic rings. The van der Waals surface area contributed by atoms with Gasteiger partial charge in [0.2, 0.25) is 5.91 Å². The average molecular weight is 238 g/mol. The molecule has 2 rings (SSSR count). The van der Waals surface area contributed by atoms with Crippen molar-refractivity contribution in [2.24, 2.45) is 0 Å². The number of hydrogen-bond acceptors (Lipinski definition) is 1. The van der Waals surface area contributed by atoms with Gasteiger partial charge < -0.3 is 5.32 Å². The zero-order chi connectivity index (χ0) is 11.7. The fraction of sp³-hybridized carbons (Fsp3) is 0.462. The zero-order valence-electron chi connectivity index (χ0n) is 9.59. The van der Waals surface area contributed by atoms with Gasteiger partial charge in [-0.1, -0.05) is 18.2 Å². The molecule has 1 amide bonds. The lowest BCUT2D eigenvalue weighted by molar-refractivity contribution is -0.121. The van der Waals surface area contributed by atoms with Gasteiger partial charge in [-0.05, 0) is 43.4 Å². The first-order valence-corrected chi connectivity index (χ1v) is 6.04. The maximum Gasteiger partial charge on any atom is 0.242 e. The van der Waals surface area contributed by atoms with E-state index in [2.05, 4.69) is 5.32 Å². The Morgan fingerprint density at radius 1 is 1.44 bits per heavy atom. The number of nitrogens with one attached hydrogen (secondary N) is 1. The van der Waals surface area contributed by atoms with Crippen molar-refractivity contribution >= 4 is 17.5 Å². The Bertz CT molecular complexity index is 412. The molecule has 1 atom stereocenters. The minimum absolute atomic E-state index is 0.0714. The van der Waals surface area contributed by atoms with E-state index < -0.39 is 5.38 Å². The van der Waals surface area contributed by atoms with E-state index in [1.165, 1.54) is 5.56 Å². The number of hydrogen-bond donors (Lipinski definition) is 1. The second-order valence-electron chi connectivity index (χ2n) is 4.43. The number of halogens is 1. The smallest absolute Gasteiger partial charge is 0.242 e. The molecule has 1 unspecified atom stereocenters. The Morgan fingerprint density at radius 2 is 2.12 bits per heavy atom. The summed E-state index contributed by atoms with van der Waals surface area (Å²) in [4.78, 5) is 11.8. The highest BCUT2D eigenvalue weighted by Crippen LogP contribution is 2.27. The first-order chi connectivity index (χ1) is 7.59. The van der Waals surface area contributed by atoms with Crippen molar-refractivity contribution in [1.29, 1.82) is 0 Å².